The minimum Gasteiger partial charge on any atom is -0.495 e. The van der Waals surface area contributed by atoms with Crippen LogP contribution in [-0.2, 0) is 0 Å². The van der Waals surface area contributed by atoms with Crippen molar-refractivity contribution in [2.45, 2.75) is 6.92 Å². The van der Waals surface area contributed by atoms with Crippen LogP contribution in [0.5, 0.6) is 5.75 Å². The number of anilines is 2. The number of halogens is 1. The molecule has 0 aliphatic carbocycles. The Hall–Kier alpha value is -3.38. The van der Waals surface area contributed by atoms with Gasteiger partial charge in [0.05, 0.1) is 12.8 Å². The third-order valence-electron chi connectivity index (χ3n) is 3.96. The van der Waals surface area contributed by atoms with Gasteiger partial charge in [0.15, 0.2) is 0 Å². The van der Waals surface area contributed by atoms with Gasteiger partial charge in [0.2, 0.25) is 0 Å². The Morgan fingerprint density at radius 1 is 0.964 bits per heavy atom. The Morgan fingerprint density at radius 3 is 2.43 bits per heavy atom. The van der Waals surface area contributed by atoms with E-state index in [0.717, 1.165) is 5.56 Å². The zero-order valence-electron chi connectivity index (χ0n) is 15.3. The molecule has 2 N–H and O–H groups in total. The lowest BCUT2D eigenvalue weighted by Crippen LogP contribution is -2.17. The molecule has 0 saturated carbocycles. The molecular formula is C21H18ClN3O3. The Balaban J connectivity index is 1.77. The summed E-state index contributed by atoms with van der Waals surface area (Å²) in [7, 11) is 1.53. The average molecular weight is 396 g/mol. The number of hydrogen-bond donors (Lipinski definition) is 2. The van der Waals surface area contributed by atoms with E-state index >= 15 is 0 Å². The number of aromatic nitrogens is 1. The lowest BCUT2D eigenvalue weighted by Gasteiger charge is -2.11. The molecular weight excluding hydrogens is 378 g/mol. The number of carbonyl (C=O) groups excluding carboxylic acids is 2. The van der Waals surface area contributed by atoms with Gasteiger partial charge in [-0.3, -0.25) is 14.6 Å². The maximum atomic E-state index is 12.6. The standard InChI is InChI=1S/C21H18ClN3O3/c1-13-3-8-19(28-2)17(11-13)25-21(27)18-12-14(9-10-23-18)20(26)24-16-6-4-15(22)5-7-16/h3-12H,1-2H3,(H,24,26)(H,25,27). The first kappa shape index (κ1) is 19.4. The third-order valence-corrected chi connectivity index (χ3v) is 4.21. The lowest BCUT2D eigenvalue weighted by atomic mass is 10.1. The van der Waals surface area contributed by atoms with Gasteiger partial charge in [0, 0.05) is 22.5 Å². The van der Waals surface area contributed by atoms with Crippen LogP contribution in [0.1, 0.15) is 26.4 Å². The monoisotopic (exact) mass is 395 g/mol. The number of carbonyl (C=O) groups is 2. The largest absolute Gasteiger partial charge is 0.495 e. The first-order valence-corrected chi connectivity index (χ1v) is 8.83. The summed E-state index contributed by atoms with van der Waals surface area (Å²) in [6.45, 7) is 1.91. The molecule has 28 heavy (non-hydrogen) atoms. The highest BCUT2D eigenvalue weighted by molar-refractivity contribution is 6.30. The second-order valence-corrected chi connectivity index (χ2v) is 6.49. The molecule has 0 aliphatic rings. The number of pyridine rings is 1. The summed E-state index contributed by atoms with van der Waals surface area (Å²) < 4.78 is 5.27. The number of amides is 2. The predicted octanol–water partition coefficient (Wildman–Crippen LogP) is 4.56. The highest BCUT2D eigenvalue weighted by atomic mass is 35.5. The smallest absolute Gasteiger partial charge is 0.274 e. The van der Waals surface area contributed by atoms with Crippen molar-refractivity contribution in [1.82, 2.24) is 4.98 Å². The van der Waals surface area contributed by atoms with Crippen LogP contribution in [-0.4, -0.2) is 23.9 Å². The van der Waals surface area contributed by atoms with E-state index in [-0.39, 0.29) is 11.6 Å². The molecule has 1 aromatic heterocycles. The van der Waals surface area contributed by atoms with Crippen molar-refractivity contribution < 1.29 is 14.3 Å². The highest BCUT2D eigenvalue weighted by Gasteiger charge is 2.14. The average Bonchev–Trinajstić information content (AvgIpc) is 2.70. The summed E-state index contributed by atoms with van der Waals surface area (Å²) in [5.74, 6) is -0.257. The fourth-order valence-electron chi connectivity index (χ4n) is 2.54. The Morgan fingerprint density at radius 2 is 1.71 bits per heavy atom. The zero-order valence-corrected chi connectivity index (χ0v) is 16.1. The van der Waals surface area contributed by atoms with Crippen LogP contribution in [0.15, 0.2) is 60.8 Å². The van der Waals surface area contributed by atoms with Gasteiger partial charge >= 0.3 is 0 Å². The summed E-state index contributed by atoms with van der Waals surface area (Å²) in [4.78, 5) is 29.1. The molecule has 0 radical (unpaired) electrons. The number of benzene rings is 2. The second-order valence-electron chi connectivity index (χ2n) is 6.05. The summed E-state index contributed by atoms with van der Waals surface area (Å²) in [5, 5.41) is 6.09. The SMILES string of the molecule is COc1ccc(C)cc1NC(=O)c1cc(C(=O)Nc2ccc(Cl)cc2)ccn1. The van der Waals surface area contributed by atoms with Gasteiger partial charge in [0.25, 0.3) is 11.8 Å². The van der Waals surface area contributed by atoms with E-state index in [1.165, 1.54) is 25.4 Å². The van der Waals surface area contributed by atoms with Crippen molar-refractivity contribution >= 4 is 34.8 Å². The predicted molar refractivity (Wildman–Crippen MR) is 109 cm³/mol. The molecule has 0 spiro atoms. The van der Waals surface area contributed by atoms with Gasteiger partial charge in [0.1, 0.15) is 11.4 Å². The van der Waals surface area contributed by atoms with Gasteiger partial charge in [-0.25, -0.2) is 0 Å². The van der Waals surface area contributed by atoms with Gasteiger partial charge in [-0.05, 0) is 61.0 Å². The number of methoxy groups -OCH3 is 1. The van der Waals surface area contributed by atoms with Gasteiger partial charge in [-0.2, -0.15) is 0 Å². The molecule has 0 fully saturated rings. The van der Waals surface area contributed by atoms with Crippen molar-refractivity contribution in [2.75, 3.05) is 17.7 Å². The van der Waals surface area contributed by atoms with Crippen LogP contribution in [0.25, 0.3) is 0 Å². The number of nitrogens with zero attached hydrogens (tertiary/aromatic N) is 1. The van der Waals surface area contributed by atoms with E-state index in [2.05, 4.69) is 15.6 Å². The molecule has 0 bridgehead atoms. The Kier molecular flexibility index (Phi) is 5.91. The van der Waals surface area contributed by atoms with Crippen LogP contribution in [0.2, 0.25) is 5.02 Å². The number of aryl methyl sites for hydroxylation is 1. The molecule has 0 atom stereocenters. The van der Waals surface area contributed by atoms with E-state index in [1.54, 1.807) is 36.4 Å². The van der Waals surface area contributed by atoms with Crippen LogP contribution in [0.4, 0.5) is 11.4 Å². The number of rotatable bonds is 5. The minimum atomic E-state index is -0.440. The molecule has 142 valence electrons. The third kappa shape index (κ3) is 4.66. The van der Waals surface area contributed by atoms with Crippen LogP contribution < -0.4 is 15.4 Å². The quantitative estimate of drug-likeness (QED) is 0.663. The number of ether oxygens (including phenoxy) is 1. The molecule has 3 rings (SSSR count). The Labute approximate surface area is 167 Å². The topological polar surface area (TPSA) is 80.3 Å². The number of hydrogen-bond acceptors (Lipinski definition) is 4. The fourth-order valence-corrected chi connectivity index (χ4v) is 2.66. The summed E-state index contributed by atoms with van der Waals surface area (Å²) in [6, 6.07) is 15.2. The van der Waals surface area contributed by atoms with Crippen LogP contribution in [0, 0.1) is 6.92 Å². The molecule has 7 heteroatoms. The van der Waals surface area contributed by atoms with Crippen molar-refractivity contribution in [3.63, 3.8) is 0 Å². The summed E-state index contributed by atoms with van der Waals surface area (Å²) >= 11 is 5.84. The summed E-state index contributed by atoms with van der Waals surface area (Å²) in [5.41, 5.74) is 2.53. The second kappa shape index (κ2) is 8.54. The normalized spacial score (nSPS) is 10.2. The minimum absolute atomic E-state index is 0.118. The first-order chi connectivity index (χ1) is 13.5. The van der Waals surface area contributed by atoms with Crippen molar-refractivity contribution in [3.05, 3.63) is 82.6 Å². The molecule has 0 unspecified atom stereocenters. The molecule has 6 nitrogen and oxygen atoms in total. The van der Waals surface area contributed by atoms with E-state index < -0.39 is 5.91 Å². The van der Waals surface area contributed by atoms with Gasteiger partial charge in [-0.15, -0.1) is 0 Å². The molecule has 0 aliphatic heterocycles. The molecule has 2 aromatic carbocycles. The fraction of sp³-hybridized carbons (Fsp3) is 0.0952. The van der Waals surface area contributed by atoms with Crippen molar-refractivity contribution in [3.8, 4) is 5.75 Å². The molecule has 3 aromatic rings. The zero-order chi connectivity index (χ0) is 20.1. The molecule has 2 amide bonds. The summed E-state index contributed by atoms with van der Waals surface area (Å²) in [6.07, 6.45) is 1.42. The van der Waals surface area contributed by atoms with Gasteiger partial charge in [-0.1, -0.05) is 17.7 Å². The van der Waals surface area contributed by atoms with Crippen LogP contribution >= 0.6 is 11.6 Å². The van der Waals surface area contributed by atoms with E-state index in [1.807, 2.05) is 13.0 Å². The van der Waals surface area contributed by atoms with Gasteiger partial charge < -0.3 is 15.4 Å². The van der Waals surface area contributed by atoms with Crippen LogP contribution in [0.3, 0.4) is 0 Å². The maximum absolute atomic E-state index is 12.6. The first-order valence-electron chi connectivity index (χ1n) is 8.45. The van der Waals surface area contributed by atoms with Crippen molar-refractivity contribution in [1.29, 1.82) is 0 Å². The lowest BCUT2D eigenvalue weighted by molar-refractivity contribution is 0.102. The number of nitrogens with one attached hydrogen (secondary N) is 2. The van der Waals surface area contributed by atoms with E-state index in [4.69, 9.17) is 16.3 Å². The van der Waals surface area contributed by atoms with Crippen molar-refractivity contribution in [2.24, 2.45) is 0 Å². The Bertz CT molecular complexity index is 1020. The van der Waals surface area contributed by atoms with E-state index in [0.29, 0.717) is 27.7 Å². The highest BCUT2D eigenvalue weighted by Crippen LogP contribution is 2.25. The molecule has 0 saturated heterocycles. The molecule has 1 heterocycles. The maximum Gasteiger partial charge on any atom is 0.274 e. The van der Waals surface area contributed by atoms with E-state index in [9.17, 15) is 9.59 Å².